The Hall–Kier alpha value is -1.76. The molecule has 0 N–H and O–H groups in total. The first kappa shape index (κ1) is 9.78. The molecule has 15 heavy (non-hydrogen) atoms. The molecule has 2 rings (SSSR count). The average Bonchev–Trinajstić information content (AvgIpc) is 2.67. The van der Waals surface area contributed by atoms with Crippen LogP contribution in [0.15, 0.2) is 40.6 Å². The maximum atomic E-state index is 12.7. The van der Waals surface area contributed by atoms with Crippen molar-refractivity contribution in [1.82, 2.24) is 9.97 Å². The van der Waals surface area contributed by atoms with Gasteiger partial charge < -0.3 is 4.42 Å². The third kappa shape index (κ3) is 1.86. The van der Waals surface area contributed by atoms with Gasteiger partial charge in [-0.3, -0.25) is 0 Å². The molecular formula is C8H5FN2O3S. The first-order valence-corrected chi connectivity index (χ1v) is 5.25. The van der Waals surface area contributed by atoms with Gasteiger partial charge in [-0.1, -0.05) is 3.89 Å². The molecule has 0 aliphatic rings. The van der Waals surface area contributed by atoms with E-state index in [1.165, 1.54) is 24.8 Å². The lowest BCUT2D eigenvalue weighted by atomic mass is 10.2. The Bertz CT molecular complexity index is 565. The van der Waals surface area contributed by atoms with Crippen LogP contribution < -0.4 is 0 Å². The second kappa shape index (κ2) is 3.43. The number of rotatable bonds is 2. The quantitative estimate of drug-likeness (QED) is 0.726. The van der Waals surface area contributed by atoms with Crippen LogP contribution in [0.1, 0.15) is 0 Å². The molecule has 2 heterocycles. The highest BCUT2D eigenvalue weighted by molar-refractivity contribution is 7.86. The molecule has 0 aliphatic heterocycles. The molecule has 0 saturated carbocycles. The number of furan rings is 1. The highest BCUT2D eigenvalue weighted by Crippen LogP contribution is 2.28. The fourth-order valence-corrected chi connectivity index (χ4v) is 1.76. The largest absolute Gasteiger partial charge is 0.450 e. The lowest BCUT2D eigenvalue weighted by molar-refractivity contribution is 0.436. The van der Waals surface area contributed by atoms with Crippen LogP contribution in [-0.4, -0.2) is 18.4 Å². The summed E-state index contributed by atoms with van der Waals surface area (Å²) >= 11 is 0. The van der Waals surface area contributed by atoms with Gasteiger partial charge in [-0.15, -0.1) is 0 Å². The molecule has 0 saturated heterocycles. The van der Waals surface area contributed by atoms with E-state index in [9.17, 15) is 12.3 Å². The summed E-state index contributed by atoms with van der Waals surface area (Å²) in [6.07, 6.45) is 5.11. The summed E-state index contributed by atoms with van der Waals surface area (Å²) in [4.78, 5) is 7.39. The Morgan fingerprint density at radius 2 is 1.93 bits per heavy atom. The first-order valence-electron chi connectivity index (χ1n) is 3.86. The summed E-state index contributed by atoms with van der Waals surface area (Å²) in [6, 6.07) is 1.34. The van der Waals surface area contributed by atoms with Gasteiger partial charge in [0.05, 0.1) is 6.26 Å². The van der Waals surface area contributed by atoms with Crippen molar-refractivity contribution in [1.29, 1.82) is 0 Å². The van der Waals surface area contributed by atoms with Crippen LogP contribution in [0.2, 0.25) is 0 Å². The molecule has 0 radical (unpaired) electrons. The summed E-state index contributed by atoms with van der Waals surface area (Å²) in [5.41, 5.74) is 0.487. The van der Waals surface area contributed by atoms with Crippen molar-refractivity contribution >= 4 is 10.2 Å². The van der Waals surface area contributed by atoms with Crippen LogP contribution in [0.3, 0.4) is 0 Å². The van der Waals surface area contributed by atoms with Gasteiger partial charge in [0.1, 0.15) is 6.33 Å². The van der Waals surface area contributed by atoms with E-state index in [4.69, 9.17) is 0 Å². The lowest BCUT2D eigenvalue weighted by Gasteiger charge is -1.96. The van der Waals surface area contributed by atoms with Gasteiger partial charge in [0.2, 0.25) is 0 Å². The number of halogens is 1. The highest BCUT2D eigenvalue weighted by Gasteiger charge is 2.22. The molecule has 0 amide bonds. The topological polar surface area (TPSA) is 73.1 Å². The predicted octanol–water partition coefficient (Wildman–Crippen LogP) is 1.39. The van der Waals surface area contributed by atoms with Crippen LogP contribution in [0.4, 0.5) is 3.89 Å². The van der Waals surface area contributed by atoms with Gasteiger partial charge in [-0.2, -0.15) is 8.42 Å². The maximum absolute atomic E-state index is 12.7. The van der Waals surface area contributed by atoms with Gasteiger partial charge in [-0.05, 0) is 6.07 Å². The van der Waals surface area contributed by atoms with Gasteiger partial charge in [-0.25, -0.2) is 9.97 Å². The Kier molecular flexibility index (Phi) is 2.24. The van der Waals surface area contributed by atoms with E-state index in [0.717, 1.165) is 6.26 Å². The zero-order valence-electron chi connectivity index (χ0n) is 7.29. The normalized spacial score (nSPS) is 11.5. The van der Waals surface area contributed by atoms with E-state index in [2.05, 4.69) is 14.4 Å². The van der Waals surface area contributed by atoms with E-state index in [1.807, 2.05) is 0 Å². The van der Waals surface area contributed by atoms with Gasteiger partial charge in [0, 0.05) is 23.5 Å². The summed E-state index contributed by atoms with van der Waals surface area (Å²) in [7, 11) is -4.86. The minimum absolute atomic E-state index is 0.109. The summed E-state index contributed by atoms with van der Waals surface area (Å²) < 4.78 is 38.7. The second-order valence-corrected chi connectivity index (χ2v) is 3.93. The summed E-state index contributed by atoms with van der Waals surface area (Å²) in [5, 5.41) is -0.725. The van der Waals surface area contributed by atoms with E-state index in [1.54, 1.807) is 0 Å². The fraction of sp³-hybridized carbons (Fsp3) is 0. The highest BCUT2D eigenvalue weighted by atomic mass is 32.3. The third-order valence-corrected chi connectivity index (χ3v) is 2.48. The average molecular weight is 228 g/mol. The fourth-order valence-electron chi connectivity index (χ4n) is 1.14. The monoisotopic (exact) mass is 228 g/mol. The molecule has 0 aliphatic carbocycles. The van der Waals surface area contributed by atoms with E-state index >= 15 is 0 Å². The molecule has 0 fully saturated rings. The molecule has 7 heteroatoms. The summed E-state index contributed by atoms with van der Waals surface area (Å²) in [5.74, 6) is 0. The Labute approximate surface area is 84.8 Å². The second-order valence-electron chi connectivity index (χ2n) is 2.69. The van der Waals surface area contributed by atoms with Crippen LogP contribution in [0.5, 0.6) is 0 Å². The van der Waals surface area contributed by atoms with Crippen molar-refractivity contribution in [3.05, 3.63) is 31.1 Å². The Balaban J connectivity index is 2.61. The van der Waals surface area contributed by atoms with Crippen molar-refractivity contribution in [2.24, 2.45) is 0 Å². The molecule has 0 aromatic carbocycles. The number of nitrogens with zero attached hydrogens (tertiary/aromatic N) is 2. The Morgan fingerprint density at radius 1 is 1.27 bits per heavy atom. The van der Waals surface area contributed by atoms with Crippen molar-refractivity contribution < 1.29 is 16.7 Å². The lowest BCUT2D eigenvalue weighted by Crippen LogP contribution is -1.92. The zero-order valence-corrected chi connectivity index (χ0v) is 8.11. The van der Waals surface area contributed by atoms with Crippen LogP contribution in [0, 0.1) is 0 Å². The van der Waals surface area contributed by atoms with Crippen LogP contribution in [0.25, 0.3) is 11.1 Å². The maximum Gasteiger partial charge on any atom is 0.366 e. The van der Waals surface area contributed by atoms with Crippen LogP contribution in [-0.2, 0) is 10.2 Å². The predicted molar refractivity (Wildman–Crippen MR) is 48.0 cm³/mol. The van der Waals surface area contributed by atoms with Crippen molar-refractivity contribution in [2.75, 3.05) is 0 Å². The number of aromatic nitrogens is 2. The smallest absolute Gasteiger partial charge is 0.366 e. The van der Waals surface area contributed by atoms with E-state index in [0.29, 0.717) is 5.56 Å². The van der Waals surface area contributed by atoms with Crippen molar-refractivity contribution in [2.45, 2.75) is 5.09 Å². The minimum Gasteiger partial charge on any atom is -0.450 e. The SMILES string of the molecule is O=S(=O)(F)c1occc1-c1cncnc1. The summed E-state index contributed by atoms with van der Waals surface area (Å²) in [6.45, 7) is 0. The standard InChI is InChI=1S/C8H5FN2O3S/c9-15(12,13)8-7(1-2-14-8)6-3-10-5-11-4-6/h1-5H. The first-order chi connectivity index (χ1) is 7.09. The van der Waals surface area contributed by atoms with Gasteiger partial charge in [0.25, 0.3) is 5.09 Å². The third-order valence-electron chi connectivity index (χ3n) is 1.72. The molecule has 0 atom stereocenters. The molecule has 0 bridgehead atoms. The van der Waals surface area contributed by atoms with Gasteiger partial charge >= 0.3 is 10.2 Å². The van der Waals surface area contributed by atoms with Gasteiger partial charge in [0.15, 0.2) is 0 Å². The molecule has 78 valence electrons. The zero-order chi connectivity index (χ0) is 10.9. The van der Waals surface area contributed by atoms with Crippen molar-refractivity contribution in [3.8, 4) is 11.1 Å². The number of hydrogen-bond acceptors (Lipinski definition) is 5. The molecule has 2 aromatic heterocycles. The molecular weight excluding hydrogens is 223 g/mol. The molecule has 0 spiro atoms. The molecule has 0 unspecified atom stereocenters. The molecule has 2 aromatic rings. The minimum atomic E-state index is -4.86. The van der Waals surface area contributed by atoms with E-state index in [-0.39, 0.29) is 5.56 Å². The van der Waals surface area contributed by atoms with Crippen molar-refractivity contribution in [3.63, 3.8) is 0 Å². The van der Waals surface area contributed by atoms with Crippen LogP contribution >= 0.6 is 0 Å². The molecule has 5 nitrogen and oxygen atoms in total. The van der Waals surface area contributed by atoms with E-state index < -0.39 is 15.3 Å². The Morgan fingerprint density at radius 3 is 2.53 bits per heavy atom. The number of hydrogen-bond donors (Lipinski definition) is 0.